The zero-order valence-corrected chi connectivity index (χ0v) is 11.6. The van der Waals surface area contributed by atoms with Gasteiger partial charge in [0.1, 0.15) is 0 Å². The van der Waals surface area contributed by atoms with E-state index in [0.29, 0.717) is 11.6 Å². The van der Waals surface area contributed by atoms with Crippen molar-refractivity contribution in [1.29, 1.82) is 0 Å². The van der Waals surface area contributed by atoms with Crippen molar-refractivity contribution >= 4 is 18.5 Å². The molecule has 1 unspecified atom stereocenters. The number of likely N-dealkylation sites (tertiary alicyclic amines) is 1. The molecule has 3 nitrogen and oxygen atoms in total. The van der Waals surface area contributed by atoms with E-state index in [1.54, 1.807) is 6.07 Å². The van der Waals surface area contributed by atoms with E-state index in [-0.39, 0.29) is 5.91 Å². The van der Waals surface area contributed by atoms with Crippen LogP contribution in [-0.2, 0) is 0 Å². The minimum Gasteiger partial charge on any atom is -0.350 e. The lowest BCUT2D eigenvalue weighted by Crippen LogP contribution is -2.44. The van der Waals surface area contributed by atoms with Crippen molar-refractivity contribution in [1.82, 2.24) is 10.2 Å². The van der Waals surface area contributed by atoms with Gasteiger partial charge in [-0.2, -0.15) is 0 Å². The maximum absolute atomic E-state index is 12.0. The third-order valence-corrected chi connectivity index (χ3v) is 3.81. The van der Waals surface area contributed by atoms with E-state index in [0.717, 1.165) is 18.0 Å². The van der Waals surface area contributed by atoms with Gasteiger partial charge in [0.25, 0.3) is 5.91 Å². The van der Waals surface area contributed by atoms with Gasteiger partial charge in [-0.1, -0.05) is 12.5 Å². The van der Waals surface area contributed by atoms with Crippen molar-refractivity contribution in [3.05, 3.63) is 29.8 Å². The number of benzene rings is 1. The fourth-order valence-corrected chi connectivity index (χ4v) is 2.59. The van der Waals surface area contributed by atoms with Crippen LogP contribution < -0.4 is 5.32 Å². The number of nitrogens with one attached hydrogen (secondary N) is 1. The van der Waals surface area contributed by atoms with Crippen LogP contribution >= 0.6 is 12.6 Å². The molecule has 0 aliphatic carbocycles. The number of amides is 1. The van der Waals surface area contributed by atoms with E-state index in [1.807, 2.05) is 18.2 Å². The van der Waals surface area contributed by atoms with Gasteiger partial charge in [0, 0.05) is 23.0 Å². The van der Waals surface area contributed by atoms with E-state index in [1.165, 1.54) is 19.3 Å². The van der Waals surface area contributed by atoms with Crippen LogP contribution in [0.3, 0.4) is 0 Å². The Labute approximate surface area is 114 Å². The largest absolute Gasteiger partial charge is 0.350 e. The van der Waals surface area contributed by atoms with Crippen LogP contribution in [0.5, 0.6) is 0 Å². The van der Waals surface area contributed by atoms with E-state index in [4.69, 9.17) is 0 Å². The van der Waals surface area contributed by atoms with E-state index in [2.05, 4.69) is 29.9 Å². The van der Waals surface area contributed by atoms with Crippen LogP contribution in [0.1, 0.15) is 29.6 Å². The van der Waals surface area contributed by atoms with Crippen molar-refractivity contribution < 1.29 is 4.79 Å². The number of carbonyl (C=O) groups is 1. The molecule has 4 heteroatoms. The molecule has 1 heterocycles. The molecule has 2 rings (SSSR count). The number of hydrogen-bond acceptors (Lipinski definition) is 3. The molecule has 1 aromatic rings. The number of rotatable bonds is 3. The third-order valence-electron chi connectivity index (χ3n) is 3.53. The molecule has 1 aliphatic rings. The molecule has 1 aromatic carbocycles. The normalized spacial score (nSPS) is 20.7. The monoisotopic (exact) mass is 264 g/mol. The first kappa shape index (κ1) is 13.4. The van der Waals surface area contributed by atoms with Gasteiger partial charge in [0.2, 0.25) is 0 Å². The number of likely N-dealkylation sites (N-methyl/N-ethyl adjacent to an activating group) is 1. The second-order valence-electron chi connectivity index (χ2n) is 4.89. The minimum atomic E-state index is -0.00938. The molecule has 1 amide bonds. The van der Waals surface area contributed by atoms with Crippen LogP contribution in [0.2, 0.25) is 0 Å². The highest BCUT2D eigenvalue weighted by atomic mass is 32.1. The van der Waals surface area contributed by atoms with Gasteiger partial charge in [-0.3, -0.25) is 4.79 Å². The van der Waals surface area contributed by atoms with Crippen LogP contribution in [0.4, 0.5) is 0 Å². The van der Waals surface area contributed by atoms with E-state index >= 15 is 0 Å². The third kappa shape index (κ3) is 3.50. The summed E-state index contributed by atoms with van der Waals surface area (Å²) in [5.41, 5.74) is 0.681. The van der Waals surface area contributed by atoms with Gasteiger partial charge < -0.3 is 10.2 Å². The summed E-state index contributed by atoms with van der Waals surface area (Å²) in [6, 6.07) is 7.81. The van der Waals surface area contributed by atoms with E-state index in [9.17, 15) is 4.79 Å². The Balaban J connectivity index is 1.88. The standard InChI is InChI=1S/C14H20N2OS/c1-16-8-3-2-6-12(16)10-15-14(17)11-5-4-7-13(18)9-11/h4-5,7,9,12,18H,2-3,6,8,10H2,1H3,(H,15,17). The molecule has 1 atom stereocenters. The lowest BCUT2D eigenvalue weighted by atomic mass is 10.0. The van der Waals surface area contributed by atoms with Gasteiger partial charge in [0.05, 0.1) is 0 Å². The van der Waals surface area contributed by atoms with Crippen molar-refractivity contribution in [3.63, 3.8) is 0 Å². The summed E-state index contributed by atoms with van der Waals surface area (Å²) >= 11 is 4.24. The van der Waals surface area contributed by atoms with Gasteiger partial charge in [-0.15, -0.1) is 12.6 Å². The van der Waals surface area contributed by atoms with Gasteiger partial charge >= 0.3 is 0 Å². The van der Waals surface area contributed by atoms with Gasteiger partial charge in [-0.25, -0.2) is 0 Å². The smallest absolute Gasteiger partial charge is 0.251 e. The number of hydrogen-bond donors (Lipinski definition) is 2. The molecule has 0 radical (unpaired) electrons. The SMILES string of the molecule is CN1CCCCC1CNC(=O)c1cccc(S)c1. The highest BCUT2D eigenvalue weighted by Crippen LogP contribution is 2.14. The Morgan fingerprint density at radius 1 is 1.50 bits per heavy atom. The lowest BCUT2D eigenvalue weighted by molar-refractivity contribution is 0.0928. The van der Waals surface area contributed by atoms with Crippen LogP contribution in [0.15, 0.2) is 29.2 Å². The molecule has 18 heavy (non-hydrogen) atoms. The fourth-order valence-electron chi connectivity index (χ4n) is 2.36. The van der Waals surface area contributed by atoms with E-state index < -0.39 is 0 Å². The summed E-state index contributed by atoms with van der Waals surface area (Å²) in [6.45, 7) is 1.86. The number of nitrogens with zero attached hydrogens (tertiary/aromatic N) is 1. The second kappa shape index (κ2) is 6.25. The zero-order chi connectivity index (χ0) is 13.0. The maximum atomic E-state index is 12.0. The van der Waals surface area contributed by atoms with Gasteiger partial charge in [-0.05, 0) is 44.6 Å². The topological polar surface area (TPSA) is 32.3 Å². The number of carbonyl (C=O) groups excluding carboxylic acids is 1. The first-order valence-corrected chi connectivity index (χ1v) is 6.89. The lowest BCUT2D eigenvalue weighted by Gasteiger charge is -2.32. The number of piperidine rings is 1. The molecule has 1 fully saturated rings. The average molecular weight is 264 g/mol. The van der Waals surface area contributed by atoms with Crippen LogP contribution in [-0.4, -0.2) is 37.0 Å². The molecule has 0 bridgehead atoms. The number of thiol groups is 1. The minimum absolute atomic E-state index is 0.00938. The molecule has 0 aromatic heterocycles. The Morgan fingerprint density at radius 2 is 2.33 bits per heavy atom. The quantitative estimate of drug-likeness (QED) is 0.820. The Bertz CT molecular complexity index is 422. The molecule has 0 saturated carbocycles. The molecule has 1 N–H and O–H groups in total. The summed E-state index contributed by atoms with van der Waals surface area (Å²) < 4.78 is 0. The molecule has 1 aliphatic heterocycles. The van der Waals surface area contributed by atoms with Crippen molar-refractivity contribution in [2.45, 2.75) is 30.2 Å². The van der Waals surface area contributed by atoms with Crippen molar-refractivity contribution in [2.24, 2.45) is 0 Å². The zero-order valence-electron chi connectivity index (χ0n) is 10.7. The Morgan fingerprint density at radius 3 is 3.06 bits per heavy atom. The predicted octanol–water partition coefficient (Wildman–Crippen LogP) is 2.19. The van der Waals surface area contributed by atoms with Crippen LogP contribution in [0.25, 0.3) is 0 Å². The van der Waals surface area contributed by atoms with Crippen molar-refractivity contribution in [3.8, 4) is 0 Å². The second-order valence-corrected chi connectivity index (χ2v) is 5.41. The molecular formula is C14H20N2OS. The first-order chi connectivity index (χ1) is 8.66. The predicted molar refractivity (Wildman–Crippen MR) is 76.3 cm³/mol. The van der Waals surface area contributed by atoms with Crippen molar-refractivity contribution in [2.75, 3.05) is 20.1 Å². The van der Waals surface area contributed by atoms with Crippen LogP contribution in [0, 0.1) is 0 Å². The molecule has 98 valence electrons. The summed E-state index contributed by atoms with van der Waals surface area (Å²) in [4.78, 5) is 15.1. The van der Waals surface area contributed by atoms with Gasteiger partial charge in [0.15, 0.2) is 0 Å². The Kier molecular flexibility index (Phi) is 4.66. The summed E-state index contributed by atoms with van der Waals surface area (Å²) in [5.74, 6) is -0.00938. The summed E-state index contributed by atoms with van der Waals surface area (Å²) in [7, 11) is 2.13. The summed E-state index contributed by atoms with van der Waals surface area (Å²) in [6.07, 6.45) is 3.70. The highest BCUT2D eigenvalue weighted by Gasteiger charge is 2.19. The highest BCUT2D eigenvalue weighted by molar-refractivity contribution is 7.80. The fraction of sp³-hybridized carbons (Fsp3) is 0.500. The average Bonchev–Trinajstić information content (AvgIpc) is 2.37. The Hall–Kier alpha value is -1.00. The maximum Gasteiger partial charge on any atom is 0.251 e. The summed E-state index contributed by atoms with van der Waals surface area (Å²) in [5, 5.41) is 3.01. The molecule has 1 saturated heterocycles. The molecule has 0 spiro atoms. The molecular weight excluding hydrogens is 244 g/mol. The first-order valence-electron chi connectivity index (χ1n) is 6.44.